The Bertz CT molecular complexity index is 442. The predicted octanol–water partition coefficient (Wildman–Crippen LogP) is 3.50. The third kappa shape index (κ3) is 2.08. The van der Waals surface area contributed by atoms with E-state index in [-0.39, 0.29) is 11.4 Å². The molecule has 0 bridgehead atoms. The van der Waals surface area contributed by atoms with Gasteiger partial charge in [0.25, 0.3) is 0 Å². The van der Waals surface area contributed by atoms with Crippen molar-refractivity contribution in [2.75, 3.05) is 13.7 Å². The Labute approximate surface area is 110 Å². The minimum Gasteiger partial charge on any atom is -0.492 e. The van der Waals surface area contributed by atoms with Gasteiger partial charge in [-0.3, -0.25) is 0 Å². The summed E-state index contributed by atoms with van der Waals surface area (Å²) in [6, 6.07) is 1.90. The lowest BCUT2D eigenvalue weighted by molar-refractivity contribution is 0.360. The molecule has 1 aromatic rings. The molecule has 1 aromatic carbocycles. The topological polar surface area (TPSA) is 21.3 Å². The van der Waals surface area contributed by atoms with Gasteiger partial charge in [0.15, 0.2) is 11.6 Å². The second-order valence-corrected chi connectivity index (χ2v) is 5.56. The first-order chi connectivity index (χ1) is 7.99. The van der Waals surface area contributed by atoms with Gasteiger partial charge in [-0.2, -0.15) is 0 Å². The molecule has 0 aromatic heterocycles. The van der Waals surface area contributed by atoms with Crippen LogP contribution in [0, 0.1) is 12.7 Å². The Kier molecular flexibility index (Phi) is 3.46. The average molecular weight is 302 g/mol. The van der Waals surface area contributed by atoms with Crippen LogP contribution in [0.5, 0.6) is 5.75 Å². The van der Waals surface area contributed by atoms with Crippen molar-refractivity contribution in [3.05, 3.63) is 27.5 Å². The molecule has 0 spiro atoms. The van der Waals surface area contributed by atoms with Crippen LogP contribution in [0.2, 0.25) is 0 Å². The first-order valence-corrected chi connectivity index (χ1v) is 6.57. The van der Waals surface area contributed by atoms with E-state index in [1.54, 1.807) is 0 Å². The van der Waals surface area contributed by atoms with E-state index >= 15 is 0 Å². The van der Waals surface area contributed by atoms with Crippen molar-refractivity contribution in [1.82, 2.24) is 5.32 Å². The molecule has 2 nitrogen and oxygen atoms in total. The highest BCUT2D eigenvalue weighted by Gasteiger charge is 2.34. The van der Waals surface area contributed by atoms with Gasteiger partial charge in [-0.1, -0.05) is 0 Å². The number of nitrogens with one attached hydrogen (secondary N) is 1. The monoisotopic (exact) mass is 301 g/mol. The van der Waals surface area contributed by atoms with Crippen LogP contribution < -0.4 is 10.1 Å². The van der Waals surface area contributed by atoms with E-state index in [1.165, 1.54) is 7.11 Å². The van der Waals surface area contributed by atoms with Crippen molar-refractivity contribution in [3.8, 4) is 5.75 Å². The molecule has 1 aliphatic heterocycles. The Morgan fingerprint density at radius 3 is 2.76 bits per heavy atom. The van der Waals surface area contributed by atoms with E-state index in [0.717, 1.165) is 24.9 Å². The third-order valence-corrected chi connectivity index (χ3v) is 4.50. The lowest BCUT2D eigenvalue weighted by Crippen LogP contribution is -2.34. The van der Waals surface area contributed by atoms with Gasteiger partial charge in [0.2, 0.25) is 0 Å². The zero-order valence-electron chi connectivity index (χ0n) is 10.4. The number of hydrogen-bond donors (Lipinski definition) is 1. The van der Waals surface area contributed by atoms with Crippen LogP contribution in [0.1, 0.15) is 30.9 Å². The van der Waals surface area contributed by atoms with Crippen molar-refractivity contribution >= 4 is 15.9 Å². The normalized spacial score (nSPS) is 24.1. The lowest BCUT2D eigenvalue weighted by Gasteiger charge is -2.27. The van der Waals surface area contributed by atoms with Crippen LogP contribution in [0.3, 0.4) is 0 Å². The number of halogens is 2. The standard InChI is InChI=1S/C13H17BrFNO/c1-8-7-9(13(2)5-4-6-16-13)11(15)12(17-3)10(8)14/h7,16H,4-6H2,1-3H3. The minimum atomic E-state index is -0.275. The zero-order valence-corrected chi connectivity index (χ0v) is 11.9. The van der Waals surface area contributed by atoms with Crippen molar-refractivity contribution in [2.24, 2.45) is 0 Å². The van der Waals surface area contributed by atoms with Gasteiger partial charge in [0.05, 0.1) is 11.6 Å². The van der Waals surface area contributed by atoms with Gasteiger partial charge < -0.3 is 10.1 Å². The Morgan fingerprint density at radius 2 is 2.24 bits per heavy atom. The smallest absolute Gasteiger partial charge is 0.171 e. The molecule has 1 fully saturated rings. The fourth-order valence-corrected chi connectivity index (χ4v) is 2.90. The van der Waals surface area contributed by atoms with E-state index in [1.807, 2.05) is 19.9 Å². The summed E-state index contributed by atoms with van der Waals surface area (Å²) in [5.74, 6) is 0.0387. The molecular formula is C13H17BrFNO. The summed E-state index contributed by atoms with van der Waals surface area (Å²) in [5, 5.41) is 3.38. The number of methoxy groups -OCH3 is 1. The summed E-state index contributed by atoms with van der Waals surface area (Å²) in [5.41, 5.74) is 1.42. The number of benzene rings is 1. The summed E-state index contributed by atoms with van der Waals surface area (Å²) < 4.78 is 20.3. The van der Waals surface area contributed by atoms with Gasteiger partial charge in [0, 0.05) is 11.1 Å². The largest absolute Gasteiger partial charge is 0.492 e. The molecule has 1 saturated heterocycles. The molecule has 4 heteroatoms. The summed E-state index contributed by atoms with van der Waals surface area (Å²) in [6.07, 6.45) is 2.03. The SMILES string of the molecule is COc1c(F)c(C2(C)CCCN2)cc(C)c1Br. The molecule has 1 heterocycles. The molecule has 0 saturated carbocycles. The second kappa shape index (κ2) is 4.58. The average Bonchev–Trinajstić information content (AvgIpc) is 2.72. The number of aryl methyl sites for hydroxylation is 1. The van der Waals surface area contributed by atoms with Gasteiger partial charge in [0.1, 0.15) is 0 Å². The fraction of sp³-hybridized carbons (Fsp3) is 0.538. The summed E-state index contributed by atoms with van der Waals surface area (Å²) in [4.78, 5) is 0. The minimum absolute atomic E-state index is 0.262. The van der Waals surface area contributed by atoms with Crippen LogP contribution in [0.15, 0.2) is 10.5 Å². The number of hydrogen-bond acceptors (Lipinski definition) is 2. The number of ether oxygens (including phenoxy) is 1. The van der Waals surface area contributed by atoms with E-state index < -0.39 is 0 Å². The fourth-order valence-electron chi connectivity index (χ4n) is 2.45. The Hall–Kier alpha value is -0.610. The van der Waals surface area contributed by atoms with E-state index in [0.29, 0.717) is 15.8 Å². The van der Waals surface area contributed by atoms with Crippen molar-refractivity contribution in [2.45, 2.75) is 32.2 Å². The molecule has 1 atom stereocenters. The van der Waals surface area contributed by atoms with E-state index in [9.17, 15) is 4.39 Å². The van der Waals surface area contributed by atoms with Crippen LogP contribution in [0.25, 0.3) is 0 Å². The molecule has 1 aliphatic rings. The van der Waals surface area contributed by atoms with Gasteiger partial charge >= 0.3 is 0 Å². The molecular weight excluding hydrogens is 285 g/mol. The molecule has 17 heavy (non-hydrogen) atoms. The highest BCUT2D eigenvalue weighted by atomic mass is 79.9. The molecule has 2 rings (SSSR count). The van der Waals surface area contributed by atoms with Gasteiger partial charge in [-0.15, -0.1) is 0 Å². The van der Waals surface area contributed by atoms with Crippen LogP contribution in [0.4, 0.5) is 4.39 Å². The summed E-state index contributed by atoms with van der Waals surface area (Å²) >= 11 is 3.37. The van der Waals surface area contributed by atoms with Crippen LogP contribution in [-0.2, 0) is 5.54 Å². The number of rotatable bonds is 2. The first-order valence-electron chi connectivity index (χ1n) is 5.77. The highest BCUT2D eigenvalue weighted by molar-refractivity contribution is 9.10. The van der Waals surface area contributed by atoms with E-state index in [4.69, 9.17) is 4.74 Å². The molecule has 1 unspecified atom stereocenters. The van der Waals surface area contributed by atoms with Crippen molar-refractivity contribution < 1.29 is 9.13 Å². The van der Waals surface area contributed by atoms with Crippen LogP contribution >= 0.6 is 15.9 Å². The molecule has 0 amide bonds. The molecule has 0 radical (unpaired) electrons. The quantitative estimate of drug-likeness (QED) is 0.903. The maximum Gasteiger partial charge on any atom is 0.171 e. The van der Waals surface area contributed by atoms with Gasteiger partial charge in [-0.25, -0.2) is 4.39 Å². The Balaban J connectivity index is 2.58. The zero-order chi connectivity index (χ0) is 12.6. The van der Waals surface area contributed by atoms with Crippen molar-refractivity contribution in [3.63, 3.8) is 0 Å². The van der Waals surface area contributed by atoms with Gasteiger partial charge in [-0.05, 0) is 60.8 Å². The Morgan fingerprint density at radius 1 is 1.53 bits per heavy atom. The first kappa shape index (κ1) is 12.8. The molecule has 0 aliphatic carbocycles. The summed E-state index contributed by atoms with van der Waals surface area (Å²) in [6.45, 7) is 4.94. The summed E-state index contributed by atoms with van der Waals surface area (Å²) in [7, 11) is 1.50. The lowest BCUT2D eigenvalue weighted by atomic mass is 9.89. The van der Waals surface area contributed by atoms with E-state index in [2.05, 4.69) is 21.2 Å². The van der Waals surface area contributed by atoms with Crippen molar-refractivity contribution in [1.29, 1.82) is 0 Å². The molecule has 94 valence electrons. The molecule has 1 N–H and O–H groups in total. The maximum atomic E-state index is 14.4. The highest BCUT2D eigenvalue weighted by Crippen LogP contribution is 2.40. The van der Waals surface area contributed by atoms with Crippen LogP contribution in [-0.4, -0.2) is 13.7 Å². The maximum absolute atomic E-state index is 14.4. The predicted molar refractivity (Wildman–Crippen MR) is 70.0 cm³/mol. The second-order valence-electron chi connectivity index (χ2n) is 4.76. The third-order valence-electron chi connectivity index (χ3n) is 3.51.